The fourth-order valence-electron chi connectivity index (χ4n) is 0.197. The van der Waals surface area contributed by atoms with Gasteiger partial charge in [0.25, 0.3) is 0 Å². The first-order chi connectivity index (χ1) is 3.63. The molecule has 0 atom stereocenters. The molecule has 2 N–H and O–H groups in total. The van der Waals surface area contributed by atoms with Crippen LogP contribution in [0.1, 0.15) is 0 Å². The Labute approximate surface area is 57.7 Å². The van der Waals surface area contributed by atoms with Crippen molar-refractivity contribution >= 4 is 15.9 Å². The maximum absolute atomic E-state index is 5.20. The minimum absolute atomic E-state index is 0.533. The molecule has 0 aliphatic carbocycles. The van der Waals surface area contributed by atoms with Crippen LogP contribution in [-0.2, 0) is 0 Å². The first-order valence-corrected chi connectivity index (χ1v) is 2.89. The first-order valence-electron chi connectivity index (χ1n) is 2.10. The quantitative estimate of drug-likeness (QED) is 0.636. The van der Waals surface area contributed by atoms with E-state index in [1.54, 1.807) is 12.2 Å². The summed E-state index contributed by atoms with van der Waals surface area (Å²) in [5, 5.41) is 0. The minimum Gasteiger partial charge on any atom is -0.399 e. The molecular formula is C6H8BrN. The van der Waals surface area contributed by atoms with E-state index in [2.05, 4.69) is 29.1 Å². The van der Waals surface area contributed by atoms with Crippen LogP contribution < -0.4 is 5.73 Å². The van der Waals surface area contributed by atoms with E-state index >= 15 is 0 Å². The van der Waals surface area contributed by atoms with Gasteiger partial charge in [-0.2, -0.15) is 0 Å². The number of nitrogens with two attached hydrogens (primary N) is 1. The Morgan fingerprint density at radius 3 is 2.00 bits per heavy atom. The predicted molar refractivity (Wildman–Crippen MR) is 40.5 cm³/mol. The summed E-state index contributed by atoms with van der Waals surface area (Å²) < 4.78 is 0.795. The lowest BCUT2D eigenvalue weighted by Crippen LogP contribution is -1.87. The smallest absolute Gasteiger partial charge is 0.0241 e. The van der Waals surface area contributed by atoms with Crippen LogP contribution >= 0.6 is 15.9 Å². The molecule has 0 aliphatic heterocycles. The molecule has 0 saturated heterocycles. The molecular weight excluding hydrogens is 166 g/mol. The van der Waals surface area contributed by atoms with Crippen molar-refractivity contribution in [3.63, 3.8) is 0 Å². The Morgan fingerprint density at radius 2 is 1.88 bits per heavy atom. The molecule has 0 aromatic heterocycles. The molecule has 0 unspecified atom stereocenters. The number of allylic oxidation sites excluding steroid dienone is 3. The van der Waals surface area contributed by atoms with Gasteiger partial charge in [-0.1, -0.05) is 29.1 Å². The topological polar surface area (TPSA) is 26.0 Å². The van der Waals surface area contributed by atoms with Crippen LogP contribution in [0.5, 0.6) is 0 Å². The predicted octanol–water partition coefficient (Wildman–Crippen LogP) is 1.92. The second-order valence-electron chi connectivity index (χ2n) is 1.36. The summed E-state index contributed by atoms with van der Waals surface area (Å²) in [6, 6.07) is 0. The molecule has 0 radical (unpaired) electrons. The third-order valence-corrected chi connectivity index (χ3v) is 0.743. The van der Waals surface area contributed by atoms with Crippen LogP contribution in [0.2, 0.25) is 0 Å². The van der Waals surface area contributed by atoms with Crippen LogP contribution in [0.3, 0.4) is 0 Å². The zero-order valence-electron chi connectivity index (χ0n) is 4.52. The molecule has 0 aliphatic rings. The Hall–Kier alpha value is -0.500. The zero-order chi connectivity index (χ0) is 6.57. The first kappa shape index (κ1) is 7.50. The van der Waals surface area contributed by atoms with E-state index in [1.807, 2.05) is 0 Å². The molecule has 0 spiro atoms. The highest BCUT2D eigenvalue weighted by Gasteiger charge is 1.74. The van der Waals surface area contributed by atoms with Crippen LogP contribution in [0, 0.1) is 0 Å². The molecule has 0 fully saturated rings. The van der Waals surface area contributed by atoms with Gasteiger partial charge in [-0.3, -0.25) is 0 Å². The van der Waals surface area contributed by atoms with Crippen molar-refractivity contribution < 1.29 is 0 Å². The standard InChI is InChI=1S/C6H8BrN/c1-5(7)3-4-6(2)8/h3-4H,1-2,8H2/b4-3-. The normalized spacial score (nSPS) is 9.62. The van der Waals surface area contributed by atoms with Gasteiger partial charge in [0.05, 0.1) is 0 Å². The summed E-state index contributed by atoms with van der Waals surface area (Å²) in [7, 11) is 0. The third kappa shape index (κ3) is 5.50. The number of halogens is 1. The lowest BCUT2D eigenvalue weighted by Gasteiger charge is -1.83. The summed E-state index contributed by atoms with van der Waals surface area (Å²) in [5.41, 5.74) is 5.73. The van der Waals surface area contributed by atoms with E-state index in [0.717, 1.165) is 4.48 Å². The van der Waals surface area contributed by atoms with E-state index in [0.29, 0.717) is 5.70 Å². The molecule has 1 nitrogen and oxygen atoms in total. The molecule has 0 rings (SSSR count). The molecule has 0 aromatic rings. The molecule has 0 heterocycles. The molecule has 8 heavy (non-hydrogen) atoms. The molecule has 0 saturated carbocycles. The fraction of sp³-hybridized carbons (Fsp3) is 0. The highest BCUT2D eigenvalue weighted by molar-refractivity contribution is 9.11. The Morgan fingerprint density at radius 1 is 1.38 bits per heavy atom. The average Bonchev–Trinajstić information content (AvgIpc) is 1.61. The van der Waals surface area contributed by atoms with E-state index in [1.165, 1.54) is 0 Å². The van der Waals surface area contributed by atoms with Crippen molar-refractivity contribution in [3.05, 3.63) is 35.5 Å². The van der Waals surface area contributed by atoms with Gasteiger partial charge in [0, 0.05) is 10.2 Å². The summed E-state index contributed by atoms with van der Waals surface area (Å²) in [6.45, 7) is 7.02. The van der Waals surface area contributed by atoms with Gasteiger partial charge in [-0.15, -0.1) is 0 Å². The van der Waals surface area contributed by atoms with E-state index in [9.17, 15) is 0 Å². The summed E-state index contributed by atoms with van der Waals surface area (Å²) in [5.74, 6) is 0. The average molecular weight is 174 g/mol. The van der Waals surface area contributed by atoms with Gasteiger partial charge in [0.1, 0.15) is 0 Å². The van der Waals surface area contributed by atoms with Gasteiger partial charge in [0.15, 0.2) is 0 Å². The summed E-state index contributed by atoms with van der Waals surface area (Å²) in [4.78, 5) is 0. The van der Waals surface area contributed by atoms with Gasteiger partial charge < -0.3 is 5.73 Å². The molecule has 44 valence electrons. The molecule has 0 bridgehead atoms. The lowest BCUT2D eigenvalue weighted by molar-refractivity contribution is 1.45. The summed E-state index contributed by atoms with van der Waals surface area (Å²) >= 11 is 3.12. The van der Waals surface area contributed by atoms with Gasteiger partial charge in [-0.25, -0.2) is 0 Å². The Balaban J connectivity index is 3.67. The van der Waals surface area contributed by atoms with Crippen LogP contribution in [0.25, 0.3) is 0 Å². The maximum atomic E-state index is 5.20. The third-order valence-electron chi connectivity index (χ3n) is 0.478. The van der Waals surface area contributed by atoms with Gasteiger partial charge in [-0.05, 0) is 12.2 Å². The lowest BCUT2D eigenvalue weighted by atomic mass is 10.4. The van der Waals surface area contributed by atoms with Crippen molar-refractivity contribution in [2.45, 2.75) is 0 Å². The monoisotopic (exact) mass is 173 g/mol. The SMILES string of the molecule is C=C(N)/C=C\C(=C)Br. The number of hydrogen-bond acceptors (Lipinski definition) is 1. The fourth-order valence-corrected chi connectivity index (χ4v) is 0.330. The molecule has 2 heteroatoms. The highest BCUT2D eigenvalue weighted by Crippen LogP contribution is 2.01. The van der Waals surface area contributed by atoms with Gasteiger partial charge >= 0.3 is 0 Å². The van der Waals surface area contributed by atoms with Crippen LogP contribution in [0.4, 0.5) is 0 Å². The summed E-state index contributed by atoms with van der Waals surface area (Å²) in [6.07, 6.45) is 3.42. The van der Waals surface area contributed by atoms with E-state index in [-0.39, 0.29) is 0 Å². The van der Waals surface area contributed by atoms with E-state index in [4.69, 9.17) is 5.73 Å². The van der Waals surface area contributed by atoms with Gasteiger partial charge in [0.2, 0.25) is 0 Å². The van der Waals surface area contributed by atoms with Crippen molar-refractivity contribution in [1.29, 1.82) is 0 Å². The molecule has 0 aromatic carbocycles. The second-order valence-corrected chi connectivity index (χ2v) is 2.37. The van der Waals surface area contributed by atoms with Crippen molar-refractivity contribution in [3.8, 4) is 0 Å². The van der Waals surface area contributed by atoms with Crippen molar-refractivity contribution in [2.75, 3.05) is 0 Å². The highest BCUT2D eigenvalue weighted by atomic mass is 79.9. The number of rotatable bonds is 2. The Kier molecular flexibility index (Phi) is 3.28. The van der Waals surface area contributed by atoms with Crippen molar-refractivity contribution in [2.24, 2.45) is 5.73 Å². The second kappa shape index (κ2) is 3.50. The number of hydrogen-bond donors (Lipinski definition) is 1. The van der Waals surface area contributed by atoms with E-state index < -0.39 is 0 Å². The zero-order valence-corrected chi connectivity index (χ0v) is 6.11. The van der Waals surface area contributed by atoms with Crippen molar-refractivity contribution in [1.82, 2.24) is 0 Å². The van der Waals surface area contributed by atoms with Crippen LogP contribution in [0.15, 0.2) is 35.5 Å². The van der Waals surface area contributed by atoms with Crippen LogP contribution in [-0.4, -0.2) is 0 Å². The largest absolute Gasteiger partial charge is 0.399 e. The minimum atomic E-state index is 0.533. The maximum Gasteiger partial charge on any atom is 0.0241 e. The Bertz CT molecular complexity index is 119. The molecule has 0 amide bonds.